The predicted molar refractivity (Wildman–Crippen MR) is 222 cm³/mol. The summed E-state index contributed by atoms with van der Waals surface area (Å²) in [4.78, 5) is 11.9. The van der Waals surface area contributed by atoms with Crippen molar-refractivity contribution in [1.82, 2.24) is 0 Å². The van der Waals surface area contributed by atoms with Crippen LogP contribution in [0.25, 0.3) is 0 Å². The van der Waals surface area contributed by atoms with Crippen LogP contribution in [0.5, 0.6) is 0 Å². The quantitative estimate of drug-likeness (QED) is 0.210. The maximum atomic E-state index is 11.9. The Labute approximate surface area is 368 Å². The zero-order chi connectivity index (χ0) is 45.3. The normalized spacial score (nSPS) is 54.2. The Hall–Kier alpha value is -1.09. The fraction of sp³-hybridized carbons (Fsp3) is 0.978. The van der Waals surface area contributed by atoms with Crippen molar-refractivity contribution >= 4 is 5.97 Å². The Bertz CT molecular complexity index is 1550. The Morgan fingerprint density at radius 1 is 0.790 bits per heavy atom. The summed E-state index contributed by atoms with van der Waals surface area (Å²) in [6.07, 6.45) is -0.980. The number of aliphatic hydroxyl groups is 3. The minimum Gasteiger partial charge on any atom is -0.481 e. The van der Waals surface area contributed by atoms with Crippen molar-refractivity contribution in [3.8, 4) is 0 Å². The van der Waals surface area contributed by atoms with E-state index in [1.165, 1.54) is 14.2 Å². The molecule has 16 nitrogen and oxygen atoms in total. The molecule has 0 bridgehead atoms. The number of hydrogen-bond acceptors (Lipinski definition) is 15. The molecule has 0 saturated carbocycles. The van der Waals surface area contributed by atoms with Gasteiger partial charge in [0.25, 0.3) is 0 Å². The Morgan fingerprint density at radius 2 is 1.50 bits per heavy atom. The van der Waals surface area contributed by atoms with Crippen molar-refractivity contribution in [2.45, 2.75) is 235 Å². The van der Waals surface area contributed by atoms with Crippen LogP contribution >= 0.6 is 0 Å². The summed E-state index contributed by atoms with van der Waals surface area (Å²) in [6, 6.07) is 0. The molecule has 23 atom stereocenters. The summed E-state index contributed by atoms with van der Waals surface area (Å²) < 4.78 is 71.5. The van der Waals surface area contributed by atoms with Crippen LogP contribution in [-0.4, -0.2) is 156 Å². The molecule has 358 valence electrons. The third-order valence-corrected chi connectivity index (χ3v) is 16.5. The van der Waals surface area contributed by atoms with Crippen LogP contribution in [-0.2, 0) is 56.9 Å². The SMILES string of the molecule is COC1CCC(OC2CC(C3OC(C)(O)C(C)CC3C)OC2C2(C)CCC(C3(C)CCC4(CC(O)C(C)C(C(C)C5OC(O)(CC(=O)O)C(C)C(OC)C5OC)O4)O3)O2)OC1C. The van der Waals surface area contributed by atoms with Crippen LogP contribution in [0.1, 0.15) is 127 Å². The van der Waals surface area contributed by atoms with E-state index in [1.54, 1.807) is 21.0 Å². The molecule has 0 aromatic carbocycles. The first-order valence-corrected chi connectivity index (χ1v) is 23.3. The molecule has 16 heteroatoms. The molecule has 7 heterocycles. The maximum Gasteiger partial charge on any atom is 0.308 e. The van der Waals surface area contributed by atoms with E-state index in [0.29, 0.717) is 38.5 Å². The number of hydrogen-bond donors (Lipinski definition) is 4. The van der Waals surface area contributed by atoms with Gasteiger partial charge in [0.15, 0.2) is 23.7 Å². The fourth-order valence-electron chi connectivity index (χ4n) is 12.3. The lowest BCUT2D eigenvalue weighted by Gasteiger charge is -2.53. The van der Waals surface area contributed by atoms with E-state index in [9.17, 15) is 25.2 Å². The van der Waals surface area contributed by atoms with Gasteiger partial charge in [-0.15, -0.1) is 0 Å². The third-order valence-electron chi connectivity index (χ3n) is 16.5. The smallest absolute Gasteiger partial charge is 0.308 e. The van der Waals surface area contributed by atoms with Crippen molar-refractivity contribution < 1.29 is 77.3 Å². The fourth-order valence-corrected chi connectivity index (χ4v) is 12.3. The molecule has 1 spiro atoms. The van der Waals surface area contributed by atoms with Crippen molar-refractivity contribution in [3.05, 3.63) is 0 Å². The van der Waals surface area contributed by atoms with Crippen LogP contribution in [0.4, 0.5) is 0 Å². The number of methoxy groups -OCH3 is 3. The monoisotopic (exact) mass is 887 g/mol. The van der Waals surface area contributed by atoms with Gasteiger partial charge in [0.2, 0.25) is 0 Å². The summed E-state index contributed by atoms with van der Waals surface area (Å²) in [7, 11) is 4.75. The standard InChI is InChI=1S/C46H78O16/c1-23-19-24(2)44(9,50)59-36(23)31-20-32(56-35-14-13-30(52-10)28(6)55-35)41(57-31)43(8)16-15-33(58-43)42(7)17-18-45(62-42)21-29(47)25(3)37(60-45)26(4)38-40(54-12)39(53-11)27(5)46(51,61-38)22-34(48)49/h23-33,35-41,47,50-51H,13-22H2,1-12H3,(H,48,49). The van der Waals surface area contributed by atoms with Crippen molar-refractivity contribution in [1.29, 1.82) is 0 Å². The molecule has 0 aromatic heterocycles. The third kappa shape index (κ3) is 9.15. The van der Waals surface area contributed by atoms with Crippen LogP contribution < -0.4 is 0 Å². The second-order valence-electron chi connectivity index (χ2n) is 20.9. The minimum absolute atomic E-state index is 0.000283. The second-order valence-corrected chi connectivity index (χ2v) is 20.9. The van der Waals surface area contributed by atoms with Gasteiger partial charge in [-0.3, -0.25) is 4.79 Å². The summed E-state index contributed by atoms with van der Waals surface area (Å²) in [5, 5.41) is 44.2. The summed E-state index contributed by atoms with van der Waals surface area (Å²) in [5.41, 5.74) is -1.54. The van der Waals surface area contributed by atoms with Crippen LogP contribution in [0.3, 0.4) is 0 Å². The largest absolute Gasteiger partial charge is 0.481 e. The Morgan fingerprint density at radius 3 is 2.15 bits per heavy atom. The highest BCUT2D eigenvalue weighted by Crippen LogP contribution is 2.55. The van der Waals surface area contributed by atoms with E-state index in [2.05, 4.69) is 20.8 Å². The summed E-state index contributed by atoms with van der Waals surface area (Å²) in [6.45, 7) is 17.6. The van der Waals surface area contributed by atoms with E-state index in [1.807, 2.05) is 27.7 Å². The minimum atomic E-state index is -2.02. The molecule has 0 aromatic rings. The summed E-state index contributed by atoms with van der Waals surface area (Å²) >= 11 is 0. The van der Waals surface area contributed by atoms with Gasteiger partial charge in [-0.05, 0) is 65.7 Å². The molecule has 62 heavy (non-hydrogen) atoms. The molecule has 7 rings (SSSR count). The van der Waals surface area contributed by atoms with Crippen molar-refractivity contribution in [2.75, 3.05) is 21.3 Å². The highest BCUT2D eigenvalue weighted by molar-refractivity contribution is 5.68. The molecule has 0 radical (unpaired) electrons. The lowest BCUT2D eigenvalue weighted by Crippen LogP contribution is -2.65. The second kappa shape index (κ2) is 18.2. The van der Waals surface area contributed by atoms with Gasteiger partial charge in [-0.1, -0.05) is 34.6 Å². The summed E-state index contributed by atoms with van der Waals surface area (Å²) in [5.74, 6) is -7.06. The molecule has 7 saturated heterocycles. The lowest BCUT2D eigenvalue weighted by molar-refractivity contribution is -0.365. The van der Waals surface area contributed by atoms with Gasteiger partial charge in [0, 0.05) is 70.7 Å². The first-order chi connectivity index (χ1) is 29.0. The zero-order valence-corrected chi connectivity index (χ0v) is 39.2. The Kier molecular flexibility index (Phi) is 14.3. The number of aliphatic carboxylic acids is 1. The molecule has 7 fully saturated rings. The average Bonchev–Trinajstić information content (AvgIpc) is 3.91. The Balaban J connectivity index is 1.08. The molecule has 7 aliphatic heterocycles. The molecular formula is C46H78O16. The molecule has 0 aliphatic carbocycles. The number of ether oxygens (including phenoxy) is 11. The lowest BCUT2D eigenvalue weighted by atomic mass is 9.75. The average molecular weight is 887 g/mol. The highest BCUT2D eigenvalue weighted by Gasteiger charge is 2.63. The number of carbonyl (C=O) groups is 1. The van der Waals surface area contributed by atoms with Crippen molar-refractivity contribution in [2.24, 2.45) is 29.6 Å². The molecule has 7 aliphatic rings. The predicted octanol–water partition coefficient (Wildman–Crippen LogP) is 4.69. The topological polar surface area (TPSA) is 200 Å². The van der Waals surface area contributed by atoms with E-state index in [4.69, 9.17) is 52.1 Å². The highest BCUT2D eigenvalue weighted by atomic mass is 16.7. The number of rotatable bonds is 12. The maximum absolute atomic E-state index is 11.9. The van der Waals surface area contributed by atoms with E-state index in [0.717, 1.165) is 12.8 Å². The van der Waals surface area contributed by atoms with E-state index < -0.39 is 95.7 Å². The number of carboxylic acids is 1. The number of aliphatic hydroxyl groups excluding tert-OH is 1. The molecular weight excluding hydrogens is 808 g/mol. The van der Waals surface area contributed by atoms with Crippen LogP contribution in [0.2, 0.25) is 0 Å². The number of carboxylic acid groups (broad SMARTS) is 1. The van der Waals surface area contributed by atoms with E-state index >= 15 is 0 Å². The first-order valence-electron chi connectivity index (χ1n) is 23.3. The zero-order valence-electron chi connectivity index (χ0n) is 39.2. The van der Waals surface area contributed by atoms with Crippen molar-refractivity contribution in [3.63, 3.8) is 0 Å². The molecule has 4 N–H and O–H groups in total. The molecule has 0 amide bonds. The van der Waals surface area contributed by atoms with Crippen LogP contribution in [0.15, 0.2) is 0 Å². The van der Waals surface area contributed by atoms with Gasteiger partial charge in [-0.2, -0.15) is 0 Å². The van der Waals surface area contributed by atoms with Gasteiger partial charge < -0.3 is 72.5 Å². The molecule has 23 unspecified atom stereocenters. The van der Waals surface area contributed by atoms with Crippen LogP contribution in [0, 0.1) is 29.6 Å². The van der Waals surface area contributed by atoms with Gasteiger partial charge in [-0.25, -0.2) is 0 Å². The van der Waals surface area contributed by atoms with E-state index in [-0.39, 0.29) is 60.8 Å². The van der Waals surface area contributed by atoms with Gasteiger partial charge >= 0.3 is 5.97 Å². The first kappa shape index (κ1) is 48.8. The van der Waals surface area contributed by atoms with Gasteiger partial charge in [0.1, 0.15) is 12.2 Å². The van der Waals surface area contributed by atoms with Gasteiger partial charge in [0.05, 0.1) is 78.7 Å².